The van der Waals surface area contributed by atoms with Gasteiger partial charge in [-0.15, -0.1) is 0 Å². The van der Waals surface area contributed by atoms with E-state index in [0.717, 1.165) is 37.2 Å². The van der Waals surface area contributed by atoms with E-state index in [1.54, 1.807) is 35.2 Å². The molecular weight excluding hydrogens is 612 g/mol. The van der Waals surface area contributed by atoms with Crippen molar-refractivity contribution in [2.75, 3.05) is 54.4 Å². The molecule has 2 aliphatic heterocycles. The number of nitrogens with one attached hydrogen (secondary N) is 2. The van der Waals surface area contributed by atoms with Crippen molar-refractivity contribution in [2.24, 2.45) is 5.92 Å². The van der Waals surface area contributed by atoms with Crippen molar-refractivity contribution in [1.29, 1.82) is 0 Å². The molecule has 2 amide bonds. The summed E-state index contributed by atoms with van der Waals surface area (Å²) in [6, 6.07) is 19.5. The quantitative estimate of drug-likeness (QED) is 0.140. The first-order chi connectivity index (χ1) is 21.7. The summed E-state index contributed by atoms with van der Waals surface area (Å²) in [5.74, 6) is -0.0235. The molecule has 0 bridgehead atoms. The number of halogens is 1. The molecule has 12 heteroatoms. The number of anilines is 3. The number of hydrogen-bond donors (Lipinski definition) is 2. The highest BCUT2D eigenvalue weighted by molar-refractivity contribution is 7.80. The molecule has 0 aliphatic carbocycles. The maximum absolute atomic E-state index is 13.1. The smallest absolute Gasteiger partial charge is 0.293 e. The lowest BCUT2D eigenvalue weighted by atomic mass is 9.98. The molecular formula is C33H35ClN6O4S. The van der Waals surface area contributed by atoms with Crippen molar-refractivity contribution in [3.05, 3.63) is 99.1 Å². The van der Waals surface area contributed by atoms with Gasteiger partial charge in [0.25, 0.3) is 11.6 Å². The molecule has 2 saturated heterocycles. The van der Waals surface area contributed by atoms with Gasteiger partial charge >= 0.3 is 0 Å². The van der Waals surface area contributed by atoms with Crippen molar-refractivity contribution in [1.82, 2.24) is 10.2 Å². The molecule has 10 nitrogen and oxygen atoms in total. The van der Waals surface area contributed by atoms with Gasteiger partial charge in [-0.05, 0) is 72.9 Å². The number of rotatable bonds is 7. The number of thiocarbonyl (C=S) groups is 1. The minimum absolute atomic E-state index is 0.0279. The summed E-state index contributed by atoms with van der Waals surface area (Å²) in [6.07, 6.45) is 5.33. The van der Waals surface area contributed by atoms with Crippen LogP contribution in [0.4, 0.5) is 22.7 Å². The third-order valence-electron chi connectivity index (χ3n) is 8.14. The summed E-state index contributed by atoms with van der Waals surface area (Å²) < 4.78 is 0. The summed E-state index contributed by atoms with van der Waals surface area (Å²) in [5, 5.41) is 18.1. The standard InChI is InChI=1S/C33H35ClN6O4S/c1-23-13-15-37(16-14-23)29-10-8-25(21-30(29)40(43)44)32(42)36-33(45)35-27-22-26(34)9-11-28(27)38-17-19-39(20-18-38)31(41)12-7-24-5-3-2-4-6-24/h2-12,21-23H,13-20H2,1H3,(H2,35,36,42,45)/b12-7+. The van der Waals surface area contributed by atoms with Crippen LogP contribution in [-0.2, 0) is 4.79 Å². The fourth-order valence-corrected chi connectivity index (χ4v) is 5.92. The van der Waals surface area contributed by atoms with Crippen LogP contribution in [0, 0.1) is 16.0 Å². The highest BCUT2D eigenvalue weighted by Gasteiger charge is 2.26. The molecule has 5 rings (SSSR count). The molecule has 3 aromatic carbocycles. The van der Waals surface area contributed by atoms with Gasteiger partial charge in [0, 0.05) is 62.0 Å². The Morgan fingerprint density at radius 2 is 1.60 bits per heavy atom. The van der Waals surface area contributed by atoms with Gasteiger partial charge in [-0.25, -0.2) is 0 Å². The van der Waals surface area contributed by atoms with Gasteiger partial charge in [0.1, 0.15) is 5.69 Å². The van der Waals surface area contributed by atoms with Crippen LogP contribution in [0.3, 0.4) is 0 Å². The van der Waals surface area contributed by atoms with Gasteiger partial charge in [-0.3, -0.25) is 25.0 Å². The number of piperidine rings is 1. The molecule has 0 atom stereocenters. The first kappa shape index (κ1) is 31.9. The Morgan fingerprint density at radius 1 is 0.933 bits per heavy atom. The summed E-state index contributed by atoms with van der Waals surface area (Å²) in [6.45, 7) is 5.90. The lowest BCUT2D eigenvalue weighted by molar-refractivity contribution is -0.384. The average Bonchev–Trinajstić information content (AvgIpc) is 3.04. The van der Waals surface area contributed by atoms with Crippen molar-refractivity contribution in [2.45, 2.75) is 19.8 Å². The third-order valence-corrected chi connectivity index (χ3v) is 8.58. The summed E-state index contributed by atoms with van der Waals surface area (Å²) in [4.78, 5) is 43.2. The van der Waals surface area contributed by atoms with Crippen LogP contribution in [0.5, 0.6) is 0 Å². The number of piperazine rings is 1. The Balaban J connectivity index is 1.21. The number of benzene rings is 3. The first-order valence-electron chi connectivity index (χ1n) is 14.9. The van der Waals surface area contributed by atoms with Crippen LogP contribution < -0.4 is 20.4 Å². The Morgan fingerprint density at radius 3 is 2.29 bits per heavy atom. The number of carbonyl (C=O) groups excluding carboxylic acids is 2. The zero-order valence-electron chi connectivity index (χ0n) is 24.9. The highest BCUT2D eigenvalue weighted by atomic mass is 35.5. The van der Waals surface area contributed by atoms with E-state index in [0.29, 0.717) is 48.5 Å². The lowest BCUT2D eigenvalue weighted by Gasteiger charge is -2.36. The Hall–Kier alpha value is -4.48. The van der Waals surface area contributed by atoms with Crippen LogP contribution in [0.1, 0.15) is 35.7 Å². The second-order valence-electron chi connectivity index (χ2n) is 11.3. The first-order valence-corrected chi connectivity index (χ1v) is 15.7. The zero-order valence-corrected chi connectivity index (χ0v) is 26.5. The minimum Gasteiger partial charge on any atom is -0.366 e. The van der Waals surface area contributed by atoms with Crippen molar-refractivity contribution < 1.29 is 14.5 Å². The summed E-state index contributed by atoms with van der Waals surface area (Å²) in [7, 11) is 0. The minimum atomic E-state index is -0.561. The number of amides is 2. The number of nitrogens with zero attached hydrogens (tertiary/aromatic N) is 4. The van der Waals surface area contributed by atoms with E-state index in [-0.39, 0.29) is 22.3 Å². The predicted octanol–water partition coefficient (Wildman–Crippen LogP) is 5.97. The average molecular weight is 647 g/mol. The molecule has 2 fully saturated rings. The maximum atomic E-state index is 13.1. The largest absolute Gasteiger partial charge is 0.366 e. The fraction of sp³-hybridized carbons (Fsp3) is 0.303. The molecule has 0 unspecified atom stereocenters. The van der Waals surface area contributed by atoms with Crippen molar-refractivity contribution in [3.63, 3.8) is 0 Å². The molecule has 3 aromatic rings. The van der Waals surface area contributed by atoms with Gasteiger partial charge in [0.2, 0.25) is 5.91 Å². The third kappa shape index (κ3) is 8.17. The molecule has 45 heavy (non-hydrogen) atoms. The molecule has 234 valence electrons. The van der Waals surface area contributed by atoms with Crippen LogP contribution >= 0.6 is 23.8 Å². The van der Waals surface area contributed by atoms with E-state index in [1.807, 2.05) is 47.4 Å². The van der Waals surface area contributed by atoms with E-state index in [1.165, 1.54) is 6.07 Å². The van der Waals surface area contributed by atoms with E-state index in [9.17, 15) is 19.7 Å². The van der Waals surface area contributed by atoms with Gasteiger partial charge in [-0.2, -0.15) is 0 Å². The Labute approximate surface area is 272 Å². The Kier molecular flexibility index (Phi) is 10.3. The molecule has 0 spiro atoms. The SMILES string of the molecule is CC1CCN(c2ccc(C(=O)NC(=S)Nc3cc(Cl)ccc3N3CCN(C(=O)/C=C/c4ccccc4)CC3)cc2[N+](=O)[O-])CC1. The monoisotopic (exact) mass is 646 g/mol. The second-order valence-corrected chi connectivity index (χ2v) is 12.1. The van der Waals surface area contributed by atoms with Crippen LogP contribution in [0.15, 0.2) is 72.8 Å². The predicted molar refractivity (Wildman–Crippen MR) is 183 cm³/mol. The zero-order chi connectivity index (χ0) is 31.9. The van der Waals surface area contributed by atoms with Crippen LogP contribution in [0.25, 0.3) is 6.08 Å². The van der Waals surface area contributed by atoms with E-state index < -0.39 is 10.8 Å². The number of carbonyl (C=O) groups is 2. The van der Waals surface area contributed by atoms with Gasteiger partial charge < -0.3 is 20.0 Å². The molecule has 0 saturated carbocycles. The molecule has 2 aliphatic rings. The Bertz CT molecular complexity index is 1600. The summed E-state index contributed by atoms with van der Waals surface area (Å²) >= 11 is 11.8. The number of nitro benzene ring substituents is 1. The van der Waals surface area contributed by atoms with Crippen LogP contribution in [0.2, 0.25) is 5.02 Å². The number of hydrogen-bond acceptors (Lipinski definition) is 7. The molecule has 0 radical (unpaired) electrons. The van der Waals surface area contributed by atoms with Crippen molar-refractivity contribution in [3.8, 4) is 0 Å². The van der Waals surface area contributed by atoms with Gasteiger partial charge in [0.05, 0.1) is 16.3 Å². The maximum Gasteiger partial charge on any atom is 0.293 e. The van der Waals surface area contributed by atoms with Gasteiger partial charge in [-0.1, -0.05) is 48.9 Å². The number of nitro groups is 1. The topological polar surface area (TPSA) is 111 Å². The van der Waals surface area contributed by atoms with Crippen molar-refractivity contribution >= 4 is 69.6 Å². The van der Waals surface area contributed by atoms with E-state index in [2.05, 4.69) is 22.5 Å². The highest BCUT2D eigenvalue weighted by Crippen LogP contribution is 2.33. The van der Waals surface area contributed by atoms with Crippen LogP contribution in [-0.4, -0.2) is 66.0 Å². The van der Waals surface area contributed by atoms with E-state index >= 15 is 0 Å². The normalized spacial score (nSPS) is 15.6. The van der Waals surface area contributed by atoms with E-state index in [4.69, 9.17) is 23.8 Å². The molecule has 2 N–H and O–H groups in total. The van der Waals surface area contributed by atoms with Gasteiger partial charge in [0.15, 0.2) is 5.11 Å². The molecule has 2 heterocycles. The summed E-state index contributed by atoms with van der Waals surface area (Å²) in [5.41, 5.74) is 2.92. The fourth-order valence-electron chi connectivity index (χ4n) is 5.55. The molecule has 0 aromatic heterocycles. The lowest BCUT2D eigenvalue weighted by Crippen LogP contribution is -2.48. The second kappa shape index (κ2) is 14.5.